The monoisotopic (exact) mass is 507 g/mol. The van der Waals surface area contributed by atoms with Crippen LogP contribution >= 0.6 is 11.6 Å². The largest absolute Gasteiger partial charge is 0.354 e. The van der Waals surface area contributed by atoms with Crippen LogP contribution in [-0.2, 0) is 26.2 Å². The van der Waals surface area contributed by atoms with E-state index in [2.05, 4.69) is 5.32 Å². The predicted molar refractivity (Wildman–Crippen MR) is 137 cm³/mol. The van der Waals surface area contributed by atoms with Gasteiger partial charge in [-0.3, -0.25) is 13.9 Å². The predicted octanol–water partition coefficient (Wildman–Crippen LogP) is 4.14. The lowest BCUT2D eigenvalue weighted by Gasteiger charge is -2.33. The first kappa shape index (κ1) is 27.7. The number of rotatable bonds is 12. The van der Waals surface area contributed by atoms with Gasteiger partial charge in [0, 0.05) is 18.1 Å². The van der Waals surface area contributed by atoms with Gasteiger partial charge in [-0.25, -0.2) is 8.42 Å². The van der Waals surface area contributed by atoms with Gasteiger partial charge in [-0.15, -0.1) is 0 Å². The molecule has 0 bridgehead atoms. The van der Waals surface area contributed by atoms with Crippen LogP contribution < -0.4 is 9.62 Å². The first-order chi connectivity index (χ1) is 16.1. The highest BCUT2D eigenvalue weighted by atomic mass is 35.5. The number of halogens is 1. The van der Waals surface area contributed by atoms with E-state index >= 15 is 0 Å². The Labute approximate surface area is 208 Å². The number of amides is 2. The van der Waals surface area contributed by atoms with Crippen LogP contribution in [-0.4, -0.2) is 50.5 Å². The minimum atomic E-state index is -3.77. The molecule has 9 heteroatoms. The first-order valence-electron chi connectivity index (χ1n) is 11.4. The Morgan fingerprint density at radius 2 is 1.71 bits per heavy atom. The van der Waals surface area contributed by atoms with Crippen molar-refractivity contribution in [2.45, 2.75) is 52.6 Å². The highest BCUT2D eigenvalue weighted by Gasteiger charge is 2.31. The fraction of sp³-hybridized carbons (Fsp3) is 0.440. The number of aryl methyl sites for hydroxylation is 1. The van der Waals surface area contributed by atoms with Crippen molar-refractivity contribution in [1.82, 2.24) is 10.2 Å². The van der Waals surface area contributed by atoms with E-state index in [-0.39, 0.29) is 12.5 Å². The molecule has 0 spiro atoms. The van der Waals surface area contributed by atoms with Gasteiger partial charge in [-0.05, 0) is 55.2 Å². The van der Waals surface area contributed by atoms with Crippen molar-refractivity contribution in [1.29, 1.82) is 0 Å². The van der Waals surface area contributed by atoms with E-state index in [1.165, 1.54) is 4.90 Å². The molecular weight excluding hydrogens is 474 g/mol. The SMILES string of the molecule is CCCCNC(=O)C(CC)N(Cc1ccccc1C)C(=O)CN(c1ccc(Cl)cc1)S(C)(=O)=O. The molecule has 0 radical (unpaired) electrons. The third-order valence-corrected chi connectivity index (χ3v) is 7.00. The van der Waals surface area contributed by atoms with Crippen LogP contribution in [0.5, 0.6) is 0 Å². The van der Waals surface area contributed by atoms with Gasteiger partial charge >= 0.3 is 0 Å². The van der Waals surface area contributed by atoms with E-state index in [9.17, 15) is 18.0 Å². The standard InChI is InChI=1S/C25H34ClN3O4S/c1-5-7-16-27-25(31)23(6-2)28(17-20-11-9-8-10-19(20)3)24(30)18-29(34(4,32)33)22-14-12-21(26)13-15-22/h8-15,23H,5-7,16-18H2,1-4H3,(H,27,31). The lowest BCUT2D eigenvalue weighted by Crippen LogP contribution is -2.52. The van der Waals surface area contributed by atoms with Gasteiger partial charge < -0.3 is 10.2 Å². The smallest absolute Gasteiger partial charge is 0.244 e. The number of carbonyl (C=O) groups excluding carboxylic acids is 2. The second-order valence-electron chi connectivity index (χ2n) is 8.26. The van der Waals surface area contributed by atoms with Crippen molar-refractivity contribution in [2.24, 2.45) is 0 Å². The Hall–Kier alpha value is -2.58. The Kier molecular flexibility index (Phi) is 10.4. The highest BCUT2D eigenvalue weighted by molar-refractivity contribution is 7.92. The number of nitrogens with zero attached hydrogens (tertiary/aromatic N) is 2. The van der Waals surface area contributed by atoms with Gasteiger partial charge in [0.05, 0.1) is 11.9 Å². The van der Waals surface area contributed by atoms with Crippen molar-refractivity contribution < 1.29 is 18.0 Å². The zero-order valence-electron chi connectivity index (χ0n) is 20.3. The fourth-order valence-electron chi connectivity index (χ4n) is 3.62. The van der Waals surface area contributed by atoms with E-state index in [0.29, 0.717) is 23.7 Å². The molecule has 0 aliphatic heterocycles. The van der Waals surface area contributed by atoms with E-state index < -0.39 is 28.5 Å². The number of hydrogen-bond acceptors (Lipinski definition) is 4. The van der Waals surface area contributed by atoms with Crippen LogP contribution in [0.15, 0.2) is 48.5 Å². The second-order valence-corrected chi connectivity index (χ2v) is 10.6. The van der Waals surface area contributed by atoms with Crippen LogP contribution in [0.2, 0.25) is 5.02 Å². The molecule has 0 aliphatic rings. The van der Waals surface area contributed by atoms with Crippen LogP contribution in [0.3, 0.4) is 0 Å². The summed E-state index contributed by atoms with van der Waals surface area (Å²) in [6.45, 7) is 6.12. The van der Waals surface area contributed by atoms with Gasteiger partial charge in [-0.2, -0.15) is 0 Å². The number of unbranched alkanes of at least 4 members (excludes halogenated alkanes) is 1. The maximum Gasteiger partial charge on any atom is 0.244 e. The Morgan fingerprint density at radius 1 is 1.06 bits per heavy atom. The molecule has 0 aliphatic carbocycles. The normalized spacial score (nSPS) is 12.1. The third kappa shape index (κ3) is 7.74. The molecule has 7 nitrogen and oxygen atoms in total. The van der Waals surface area contributed by atoms with Crippen LogP contribution in [0, 0.1) is 6.92 Å². The Bertz CT molecular complexity index is 1070. The van der Waals surface area contributed by atoms with Gasteiger partial charge in [0.2, 0.25) is 21.8 Å². The Morgan fingerprint density at radius 3 is 2.26 bits per heavy atom. The quantitative estimate of drug-likeness (QED) is 0.437. The number of sulfonamides is 1. The molecule has 2 amide bonds. The number of benzene rings is 2. The summed E-state index contributed by atoms with van der Waals surface area (Å²) in [6.07, 6.45) is 3.23. The van der Waals surface area contributed by atoms with E-state index in [1.807, 2.05) is 45.0 Å². The highest BCUT2D eigenvalue weighted by Crippen LogP contribution is 2.22. The van der Waals surface area contributed by atoms with Crippen molar-refractivity contribution in [2.75, 3.05) is 23.7 Å². The van der Waals surface area contributed by atoms with E-state index in [0.717, 1.165) is 34.5 Å². The molecule has 34 heavy (non-hydrogen) atoms. The maximum absolute atomic E-state index is 13.6. The molecule has 1 unspecified atom stereocenters. The lowest BCUT2D eigenvalue weighted by molar-refractivity contribution is -0.140. The molecule has 1 atom stereocenters. The minimum absolute atomic E-state index is 0.198. The van der Waals surface area contributed by atoms with Crippen molar-refractivity contribution in [3.05, 3.63) is 64.7 Å². The average molecular weight is 508 g/mol. The van der Waals surface area contributed by atoms with E-state index in [1.54, 1.807) is 24.3 Å². The molecule has 0 fully saturated rings. The van der Waals surface area contributed by atoms with Crippen LogP contribution in [0.25, 0.3) is 0 Å². The van der Waals surface area contributed by atoms with Crippen molar-refractivity contribution >= 4 is 39.1 Å². The number of anilines is 1. The molecule has 0 heterocycles. The number of nitrogens with one attached hydrogen (secondary N) is 1. The summed E-state index contributed by atoms with van der Waals surface area (Å²) in [5.41, 5.74) is 2.21. The van der Waals surface area contributed by atoms with Gasteiger partial charge in [0.15, 0.2) is 0 Å². The molecule has 0 saturated heterocycles. The molecule has 2 rings (SSSR count). The summed E-state index contributed by atoms with van der Waals surface area (Å²) in [4.78, 5) is 28.1. The summed E-state index contributed by atoms with van der Waals surface area (Å²) in [6, 6.07) is 13.2. The van der Waals surface area contributed by atoms with Crippen LogP contribution in [0.1, 0.15) is 44.2 Å². The Balaban J connectivity index is 2.40. The molecule has 1 N–H and O–H groups in total. The zero-order valence-corrected chi connectivity index (χ0v) is 21.8. The number of hydrogen-bond donors (Lipinski definition) is 1. The summed E-state index contributed by atoms with van der Waals surface area (Å²) >= 11 is 5.95. The molecule has 2 aromatic carbocycles. The summed E-state index contributed by atoms with van der Waals surface area (Å²) in [7, 11) is -3.77. The van der Waals surface area contributed by atoms with Crippen molar-refractivity contribution in [3.8, 4) is 0 Å². The number of carbonyl (C=O) groups is 2. The summed E-state index contributed by atoms with van der Waals surface area (Å²) in [5.74, 6) is -0.698. The lowest BCUT2D eigenvalue weighted by atomic mass is 10.1. The van der Waals surface area contributed by atoms with Crippen molar-refractivity contribution in [3.63, 3.8) is 0 Å². The van der Waals surface area contributed by atoms with E-state index in [4.69, 9.17) is 11.6 Å². The average Bonchev–Trinajstić information content (AvgIpc) is 2.78. The second kappa shape index (κ2) is 12.8. The first-order valence-corrected chi connectivity index (χ1v) is 13.7. The summed E-state index contributed by atoms with van der Waals surface area (Å²) in [5, 5.41) is 3.37. The topological polar surface area (TPSA) is 86.8 Å². The molecular formula is C25H34ClN3O4S. The molecule has 0 saturated carbocycles. The molecule has 0 aromatic heterocycles. The fourth-order valence-corrected chi connectivity index (χ4v) is 4.59. The minimum Gasteiger partial charge on any atom is -0.354 e. The molecule has 186 valence electrons. The zero-order chi connectivity index (χ0) is 25.3. The van der Waals surface area contributed by atoms with Gasteiger partial charge in [-0.1, -0.05) is 56.1 Å². The third-order valence-electron chi connectivity index (χ3n) is 5.61. The maximum atomic E-state index is 13.6. The van der Waals surface area contributed by atoms with Crippen LogP contribution in [0.4, 0.5) is 5.69 Å². The van der Waals surface area contributed by atoms with Gasteiger partial charge in [0.25, 0.3) is 0 Å². The molecule has 2 aromatic rings. The summed E-state index contributed by atoms with van der Waals surface area (Å²) < 4.78 is 26.2. The van der Waals surface area contributed by atoms with Gasteiger partial charge in [0.1, 0.15) is 12.6 Å².